The highest BCUT2D eigenvalue weighted by Gasteiger charge is 2.13. The lowest BCUT2D eigenvalue weighted by Crippen LogP contribution is -2.10. The first kappa shape index (κ1) is 17.0. The smallest absolute Gasteiger partial charge is 0.113 e. The lowest BCUT2D eigenvalue weighted by Gasteiger charge is -2.15. The first-order valence-electron chi connectivity index (χ1n) is 9.16. The van der Waals surface area contributed by atoms with Gasteiger partial charge in [-0.2, -0.15) is 0 Å². The van der Waals surface area contributed by atoms with Crippen LogP contribution in [0.3, 0.4) is 0 Å². The largest absolute Gasteiger partial charge is 0.242 e. The standard InChI is InChI=1S/C19H31N3/c1-3-5-6-7-8-9-10-11-14-17(4-2)22-19-16-13-12-15-18(19)20-21-22/h12-13,15-17H,3-11,14H2,1-2H3. The fourth-order valence-corrected chi connectivity index (χ4v) is 3.17. The zero-order chi connectivity index (χ0) is 15.6. The summed E-state index contributed by atoms with van der Waals surface area (Å²) in [5.41, 5.74) is 2.19. The van der Waals surface area contributed by atoms with Crippen molar-refractivity contribution >= 4 is 11.0 Å². The van der Waals surface area contributed by atoms with Gasteiger partial charge in [-0.1, -0.05) is 82.6 Å². The van der Waals surface area contributed by atoms with Crippen molar-refractivity contribution in [2.24, 2.45) is 0 Å². The molecule has 0 saturated heterocycles. The van der Waals surface area contributed by atoms with Gasteiger partial charge in [0.15, 0.2) is 0 Å². The average molecular weight is 301 g/mol. The molecule has 1 atom stereocenters. The molecule has 0 fully saturated rings. The summed E-state index contributed by atoms with van der Waals surface area (Å²) in [5, 5.41) is 8.67. The third-order valence-electron chi connectivity index (χ3n) is 4.59. The lowest BCUT2D eigenvalue weighted by molar-refractivity contribution is 0.395. The summed E-state index contributed by atoms with van der Waals surface area (Å²) in [6.07, 6.45) is 13.4. The van der Waals surface area contributed by atoms with Crippen LogP contribution in [0.5, 0.6) is 0 Å². The topological polar surface area (TPSA) is 30.7 Å². The zero-order valence-corrected chi connectivity index (χ0v) is 14.3. The SMILES string of the molecule is CCCCCCCCCCC(CC)n1nnc2ccccc21. The molecule has 122 valence electrons. The molecular weight excluding hydrogens is 270 g/mol. The van der Waals surface area contributed by atoms with Gasteiger partial charge in [-0.15, -0.1) is 5.10 Å². The van der Waals surface area contributed by atoms with Crippen LogP contribution in [-0.2, 0) is 0 Å². The van der Waals surface area contributed by atoms with Gasteiger partial charge in [0.2, 0.25) is 0 Å². The highest BCUT2D eigenvalue weighted by Crippen LogP contribution is 2.23. The van der Waals surface area contributed by atoms with Gasteiger partial charge in [0.05, 0.1) is 11.6 Å². The van der Waals surface area contributed by atoms with Gasteiger partial charge in [0.1, 0.15) is 5.52 Å². The number of rotatable bonds is 11. The molecule has 22 heavy (non-hydrogen) atoms. The molecule has 0 N–H and O–H groups in total. The molecule has 1 aromatic heterocycles. The van der Waals surface area contributed by atoms with Crippen LogP contribution in [0.2, 0.25) is 0 Å². The third-order valence-corrected chi connectivity index (χ3v) is 4.59. The number of benzene rings is 1. The fourth-order valence-electron chi connectivity index (χ4n) is 3.17. The Balaban J connectivity index is 1.73. The average Bonchev–Trinajstić information content (AvgIpc) is 2.98. The Morgan fingerprint density at radius 3 is 2.32 bits per heavy atom. The first-order valence-corrected chi connectivity index (χ1v) is 9.16. The lowest BCUT2D eigenvalue weighted by atomic mass is 10.0. The Hall–Kier alpha value is -1.38. The van der Waals surface area contributed by atoms with Crippen LogP contribution >= 0.6 is 0 Å². The van der Waals surface area contributed by atoms with Crippen LogP contribution in [0, 0.1) is 0 Å². The Morgan fingerprint density at radius 1 is 0.909 bits per heavy atom. The fraction of sp³-hybridized carbons (Fsp3) is 0.684. The molecule has 0 aliphatic carbocycles. The number of aromatic nitrogens is 3. The zero-order valence-electron chi connectivity index (χ0n) is 14.3. The summed E-state index contributed by atoms with van der Waals surface area (Å²) in [4.78, 5) is 0. The van der Waals surface area contributed by atoms with E-state index >= 15 is 0 Å². The normalized spacial score (nSPS) is 12.8. The predicted molar refractivity (Wildman–Crippen MR) is 94.1 cm³/mol. The molecule has 0 saturated carbocycles. The van der Waals surface area contributed by atoms with Gasteiger partial charge in [0, 0.05) is 0 Å². The molecule has 1 heterocycles. The molecule has 0 radical (unpaired) electrons. The van der Waals surface area contributed by atoms with Crippen LogP contribution in [0.15, 0.2) is 24.3 Å². The van der Waals surface area contributed by atoms with E-state index in [2.05, 4.69) is 41.0 Å². The number of para-hydroxylation sites is 1. The molecule has 1 unspecified atom stereocenters. The van der Waals surface area contributed by atoms with E-state index in [0.717, 1.165) is 11.9 Å². The minimum absolute atomic E-state index is 0.493. The molecule has 2 rings (SSSR count). The van der Waals surface area contributed by atoms with Crippen molar-refractivity contribution in [1.29, 1.82) is 0 Å². The number of unbranched alkanes of at least 4 members (excludes halogenated alkanes) is 7. The quantitative estimate of drug-likeness (QED) is 0.483. The molecule has 0 aliphatic heterocycles. The van der Waals surface area contributed by atoms with Gasteiger partial charge in [-0.25, -0.2) is 4.68 Å². The molecule has 0 amide bonds. The van der Waals surface area contributed by atoms with E-state index in [4.69, 9.17) is 0 Å². The van der Waals surface area contributed by atoms with E-state index in [9.17, 15) is 0 Å². The van der Waals surface area contributed by atoms with Crippen molar-refractivity contribution in [3.8, 4) is 0 Å². The molecule has 3 nitrogen and oxygen atoms in total. The monoisotopic (exact) mass is 301 g/mol. The van der Waals surface area contributed by atoms with E-state index in [1.807, 2.05) is 12.1 Å². The summed E-state index contributed by atoms with van der Waals surface area (Å²) < 4.78 is 2.14. The van der Waals surface area contributed by atoms with E-state index in [0.29, 0.717) is 6.04 Å². The van der Waals surface area contributed by atoms with E-state index in [1.165, 1.54) is 63.3 Å². The van der Waals surface area contributed by atoms with Gasteiger partial charge >= 0.3 is 0 Å². The second-order valence-corrected chi connectivity index (χ2v) is 6.35. The summed E-state index contributed by atoms with van der Waals surface area (Å²) >= 11 is 0. The molecule has 0 bridgehead atoms. The van der Waals surface area contributed by atoms with Crippen LogP contribution in [0.4, 0.5) is 0 Å². The van der Waals surface area contributed by atoms with Crippen molar-refractivity contribution in [3.05, 3.63) is 24.3 Å². The third kappa shape index (κ3) is 4.82. The molecule has 2 aromatic rings. The molecule has 0 spiro atoms. The summed E-state index contributed by atoms with van der Waals surface area (Å²) in [6, 6.07) is 8.77. The molecule has 0 aliphatic rings. The predicted octanol–water partition coefficient (Wildman–Crippen LogP) is 5.91. The molecule has 1 aromatic carbocycles. The Labute approximate surface area is 135 Å². The first-order chi connectivity index (χ1) is 10.9. The Bertz CT molecular complexity index is 532. The second kappa shape index (κ2) is 9.60. The highest BCUT2D eigenvalue weighted by atomic mass is 15.4. The van der Waals surface area contributed by atoms with E-state index in [1.54, 1.807) is 0 Å². The van der Waals surface area contributed by atoms with Gasteiger partial charge in [-0.3, -0.25) is 0 Å². The summed E-state index contributed by atoms with van der Waals surface area (Å²) in [7, 11) is 0. The van der Waals surface area contributed by atoms with E-state index in [-0.39, 0.29) is 0 Å². The minimum Gasteiger partial charge on any atom is -0.242 e. The van der Waals surface area contributed by atoms with Gasteiger partial charge in [0.25, 0.3) is 0 Å². The Morgan fingerprint density at radius 2 is 1.59 bits per heavy atom. The van der Waals surface area contributed by atoms with Crippen molar-refractivity contribution in [1.82, 2.24) is 15.0 Å². The van der Waals surface area contributed by atoms with Crippen LogP contribution in [-0.4, -0.2) is 15.0 Å². The molecular formula is C19H31N3. The van der Waals surface area contributed by atoms with Crippen molar-refractivity contribution in [2.75, 3.05) is 0 Å². The maximum atomic E-state index is 4.38. The van der Waals surface area contributed by atoms with Gasteiger partial charge in [-0.05, 0) is 25.0 Å². The maximum Gasteiger partial charge on any atom is 0.113 e. The number of nitrogens with zero attached hydrogens (tertiary/aromatic N) is 3. The van der Waals surface area contributed by atoms with E-state index < -0.39 is 0 Å². The molecule has 3 heteroatoms. The summed E-state index contributed by atoms with van der Waals surface area (Å²) in [6.45, 7) is 4.53. The summed E-state index contributed by atoms with van der Waals surface area (Å²) in [5.74, 6) is 0. The van der Waals surface area contributed by atoms with Crippen molar-refractivity contribution < 1.29 is 0 Å². The van der Waals surface area contributed by atoms with Crippen LogP contribution < -0.4 is 0 Å². The number of hydrogen-bond donors (Lipinski definition) is 0. The minimum atomic E-state index is 0.493. The van der Waals surface area contributed by atoms with Crippen molar-refractivity contribution in [3.63, 3.8) is 0 Å². The van der Waals surface area contributed by atoms with Crippen LogP contribution in [0.1, 0.15) is 84.1 Å². The maximum absolute atomic E-state index is 4.38. The second-order valence-electron chi connectivity index (χ2n) is 6.35. The van der Waals surface area contributed by atoms with Crippen LogP contribution in [0.25, 0.3) is 11.0 Å². The van der Waals surface area contributed by atoms with Crippen molar-refractivity contribution in [2.45, 2.75) is 84.1 Å². The van der Waals surface area contributed by atoms with Gasteiger partial charge < -0.3 is 0 Å². The number of hydrogen-bond acceptors (Lipinski definition) is 2. The highest BCUT2D eigenvalue weighted by molar-refractivity contribution is 5.73. The Kier molecular flexibility index (Phi) is 7.41. The number of fused-ring (bicyclic) bond motifs is 1.